The number of unbranched alkanes of at least 4 members (excludes halogenated alkanes) is 7. The van der Waals surface area contributed by atoms with Crippen molar-refractivity contribution < 1.29 is 52.9 Å². The largest absolute Gasteiger partial charge is 0.472 e. The standard InChI is InChI=1S/C39H69O11P/c1-4-25-35(41)27-22-18-14-10-8-6-5-7-9-11-15-19-23-28-38(43)47-32-37(33-49-51(45,46)48-31-36(42)30-40)50-39(44)29-24-20-16-12-13-17-21-26-34(2)3/h5,7-8,10-11,15,18,22,34-37,40-42H,4,6,9,12-14,16-17,19-21,23-33H2,1-3H3,(H,45,46)/b7-5-,10-8-,15-11-,22-18-/t35?,36-,37+/m0/s1. The molecular weight excluding hydrogens is 675 g/mol. The summed E-state index contributed by atoms with van der Waals surface area (Å²) >= 11 is 0. The topological polar surface area (TPSA) is 169 Å². The smallest absolute Gasteiger partial charge is 0.462 e. The van der Waals surface area contributed by atoms with Crippen LogP contribution >= 0.6 is 7.82 Å². The number of hydrogen-bond acceptors (Lipinski definition) is 10. The van der Waals surface area contributed by atoms with Gasteiger partial charge in [-0.15, -0.1) is 0 Å². The number of ether oxygens (including phenoxy) is 2. The summed E-state index contributed by atoms with van der Waals surface area (Å²) in [5.74, 6) is -0.291. The lowest BCUT2D eigenvalue weighted by molar-refractivity contribution is -0.161. The Hall–Kier alpha value is -2.11. The number of phosphoric ester groups is 1. The van der Waals surface area contributed by atoms with Crippen molar-refractivity contribution in [3.05, 3.63) is 48.6 Å². The third kappa shape index (κ3) is 34.7. The lowest BCUT2D eigenvalue weighted by Gasteiger charge is -2.20. The minimum atomic E-state index is -4.63. The van der Waals surface area contributed by atoms with E-state index in [0.717, 1.165) is 57.3 Å². The molecule has 0 fully saturated rings. The summed E-state index contributed by atoms with van der Waals surface area (Å²) in [6, 6.07) is 0. The lowest BCUT2D eigenvalue weighted by atomic mass is 10.0. The van der Waals surface area contributed by atoms with Gasteiger partial charge in [0.2, 0.25) is 0 Å². The van der Waals surface area contributed by atoms with E-state index < -0.39 is 51.8 Å². The highest BCUT2D eigenvalue weighted by Gasteiger charge is 2.27. The first-order chi connectivity index (χ1) is 24.5. The van der Waals surface area contributed by atoms with Crippen LogP contribution in [0.15, 0.2) is 48.6 Å². The molecular formula is C39H69O11P. The van der Waals surface area contributed by atoms with E-state index in [1.807, 2.05) is 18.2 Å². The first-order valence-corrected chi connectivity index (χ1v) is 20.5. The van der Waals surface area contributed by atoms with Gasteiger partial charge in [0, 0.05) is 12.8 Å². The summed E-state index contributed by atoms with van der Waals surface area (Å²) in [6.07, 6.45) is 28.9. The van der Waals surface area contributed by atoms with E-state index in [0.29, 0.717) is 25.7 Å². The summed E-state index contributed by atoms with van der Waals surface area (Å²) in [4.78, 5) is 34.7. The van der Waals surface area contributed by atoms with Crippen LogP contribution in [-0.2, 0) is 32.7 Å². The van der Waals surface area contributed by atoms with Crippen LogP contribution in [0.5, 0.6) is 0 Å². The number of carbonyl (C=O) groups is 2. The molecule has 0 heterocycles. The zero-order valence-corrected chi connectivity index (χ0v) is 32.5. The van der Waals surface area contributed by atoms with E-state index in [2.05, 4.69) is 55.7 Å². The number of esters is 2. The number of allylic oxidation sites excluding steroid dienone is 7. The molecule has 2 unspecified atom stereocenters. The molecule has 12 heteroatoms. The molecule has 11 nitrogen and oxygen atoms in total. The molecule has 0 amide bonds. The molecule has 0 aromatic heterocycles. The van der Waals surface area contributed by atoms with E-state index in [4.69, 9.17) is 19.1 Å². The molecule has 4 N–H and O–H groups in total. The quantitative estimate of drug-likeness (QED) is 0.0217. The first kappa shape index (κ1) is 48.9. The first-order valence-electron chi connectivity index (χ1n) is 19.0. The molecule has 4 atom stereocenters. The van der Waals surface area contributed by atoms with E-state index in [-0.39, 0.29) is 25.6 Å². The number of aliphatic hydroxyl groups is 3. The normalized spacial score (nSPS) is 15.3. The number of hydrogen-bond donors (Lipinski definition) is 4. The van der Waals surface area contributed by atoms with Gasteiger partial charge >= 0.3 is 19.8 Å². The summed E-state index contributed by atoms with van der Waals surface area (Å²) < 4.78 is 32.5. The number of phosphoric acid groups is 1. The molecule has 0 aliphatic rings. The fourth-order valence-corrected chi connectivity index (χ4v) is 5.56. The summed E-state index contributed by atoms with van der Waals surface area (Å²) in [7, 11) is -4.63. The Morgan fingerprint density at radius 3 is 1.82 bits per heavy atom. The Morgan fingerprint density at radius 1 is 0.667 bits per heavy atom. The van der Waals surface area contributed by atoms with Crippen molar-refractivity contribution in [1.29, 1.82) is 0 Å². The van der Waals surface area contributed by atoms with Crippen molar-refractivity contribution in [3.63, 3.8) is 0 Å². The van der Waals surface area contributed by atoms with Crippen molar-refractivity contribution in [3.8, 4) is 0 Å². The van der Waals surface area contributed by atoms with Crippen molar-refractivity contribution in [2.45, 2.75) is 155 Å². The highest BCUT2D eigenvalue weighted by molar-refractivity contribution is 7.47. The van der Waals surface area contributed by atoms with Gasteiger partial charge < -0.3 is 29.7 Å². The van der Waals surface area contributed by atoms with Gasteiger partial charge in [-0.1, -0.05) is 121 Å². The van der Waals surface area contributed by atoms with Gasteiger partial charge in [0.05, 0.1) is 25.9 Å². The molecule has 0 saturated heterocycles. The van der Waals surface area contributed by atoms with Crippen LogP contribution in [-0.4, -0.2) is 76.9 Å². The fraction of sp³-hybridized carbons (Fsp3) is 0.744. The lowest BCUT2D eigenvalue weighted by Crippen LogP contribution is -2.29. The zero-order valence-electron chi connectivity index (χ0n) is 31.6. The van der Waals surface area contributed by atoms with Gasteiger partial charge in [-0.3, -0.25) is 18.6 Å². The molecule has 296 valence electrons. The summed E-state index contributed by atoms with van der Waals surface area (Å²) in [5.41, 5.74) is 0. The molecule has 0 bridgehead atoms. The van der Waals surface area contributed by atoms with Gasteiger partial charge in [0.15, 0.2) is 6.10 Å². The molecule has 0 aromatic rings. The summed E-state index contributed by atoms with van der Waals surface area (Å²) in [6.45, 7) is 4.32. The molecule has 0 saturated carbocycles. The monoisotopic (exact) mass is 744 g/mol. The van der Waals surface area contributed by atoms with Crippen LogP contribution in [0.25, 0.3) is 0 Å². The second-order valence-corrected chi connectivity index (χ2v) is 14.7. The number of rotatable bonds is 34. The van der Waals surface area contributed by atoms with Gasteiger partial charge in [0.25, 0.3) is 0 Å². The van der Waals surface area contributed by atoms with E-state index >= 15 is 0 Å². The predicted octanol–water partition coefficient (Wildman–Crippen LogP) is 8.21. The van der Waals surface area contributed by atoms with Gasteiger partial charge in [-0.25, -0.2) is 4.57 Å². The van der Waals surface area contributed by atoms with Gasteiger partial charge in [0.1, 0.15) is 12.7 Å². The van der Waals surface area contributed by atoms with Crippen LogP contribution in [0.1, 0.15) is 136 Å². The number of carbonyl (C=O) groups excluding carboxylic acids is 2. The van der Waals surface area contributed by atoms with Crippen LogP contribution in [0.3, 0.4) is 0 Å². The maximum absolute atomic E-state index is 12.5. The van der Waals surface area contributed by atoms with E-state index in [1.54, 1.807) is 0 Å². The zero-order chi connectivity index (χ0) is 38.0. The highest BCUT2D eigenvalue weighted by Crippen LogP contribution is 2.43. The van der Waals surface area contributed by atoms with Crippen LogP contribution in [0, 0.1) is 5.92 Å². The van der Waals surface area contributed by atoms with E-state index in [9.17, 15) is 29.3 Å². The average molecular weight is 745 g/mol. The van der Waals surface area contributed by atoms with E-state index in [1.165, 1.54) is 25.7 Å². The molecule has 0 aromatic carbocycles. The molecule has 0 aliphatic heterocycles. The molecule has 0 aliphatic carbocycles. The average Bonchev–Trinajstić information content (AvgIpc) is 3.09. The van der Waals surface area contributed by atoms with Crippen molar-refractivity contribution >= 4 is 19.8 Å². The van der Waals surface area contributed by atoms with Crippen molar-refractivity contribution in [2.24, 2.45) is 5.92 Å². The van der Waals surface area contributed by atoms with Crippen LogP contribution < -0.4 is 0 Å². The third-order valence-electron chi connectivity index (χ3n) is 7.72. The van der Waals surface area contributed by atoms with Crippen LogP contribution in [0.4, 0.5) is 0 Å². The SMILES string of the molecule is CCCC(O)C/C=C\C/C=C\C/C=C\C/C=C\CCCC(=O)OC[C@H](COP(=O)(O)OC[C@@H](O)CO)OC(=O)CCCCCCCCCC(C)C. The molecule has 0 radical (unpaired) electrons. The maximum Gasteiger partial charge on any atom is 0.472 e. The second-order valence-electron chi connectivity index (χ2n) is 13.3. The third-order valence-corrected chi connectivity index (χ3v) is 8.67. The minimum Gasteiger partial charge on any atom is -0.462 e. The van der Waals surface area contributed by atoms with Gasteiger partial charge in [-0.05, 0) is 57.3 Å². The Kier molecular flexibility index (Phi) is 32.3. The summed E-state index contributed by atoms with van der Waals surface area (Å²) in [5, 5.41) is 28.0. The molecule has 51 heavy (non-hydrogen) atoms. The molecule has 0 rings (SSSR count). The van der Waals surface area contributed by atoms with Crippen molar-refractivity contribution in [1.82, 2.24) is 0 Å². The fourth-order valence-electron chi connectivity index (χ4n) is 4.77. The Morgan fingerprint density at radius 2 is 1.22 bits per heavy atom. The second kappa shape index (κ2) is 33.7. The number of aliphatic hydroxyl groups excluding tert-OH is 3. The van der Waals surface area contributed by atoms with Crippen molar-refractivity contribution in [2.75, 3.05) is 26.4 Å². The Labute approximate surface area is 307 Å². The minimum absolute atomic E-state index is 0.149. The van der Waals surface area contributed by atoms with Crippen LogP contribution in [0.2, 0.25) is 0 Å². The Bertz CT molecular complexity index is 1020. The highest BCUT2D eigenvalue weighted by atomic mass is 31.2. The Balaban J connectivity index is 4.47. The molecule has 0 spiro atoms. The maximum atomic E-state index is 12.5. The van der Waals surface area contributed by atoms with Gasteiger partial charge in [-0.2, -0.15) is 0 Å². The predicted molar refractivity (Wildman–Crippen MR) is 202 cm³/mol.